The van der Waals surface area contributed by atoms with Gasteiger partial charge in [0.15, 0.2) is 0 Å². The highest BCUT2D eigenvalue weighted by Crippen LogP contribution is 2.41. The fraction of sp³-hybridized carbons (Fsp3) is 0.800. The van der Waals surface area contributed by atoms with Crippen molar-refractivity contribution in [2.45, 2.75) is 51.0 Å². The van der Waals surface area contributed by atoms with Crippen molar-refractivity contribution < 1.29 is 14.4 Å². The van der Waals surface area contributed by atoms with Crippen LogP contribution in [0.1, 0.15) is 44.9 Å². The smallest absolute Gasteiger partial charge is 0.306 e. The van der Waals surface area contributed by atoms with Gasteiger partial charge in [0.2, 0.25) is 11.8 Å². The van der Waals surface area contributed by atoms with Crippen molar-refractivity contribution in [3.63, 3.8) is 0 Å². The number of rotatable bonds is 1. The highest BCUT2D eigenvalue weighted by atomic mass is 16.2. The summed E-state index contributed by atoms with van der Waals surface area (Å²) in [6.07, 6.45) is 5.57. The Kier molecular flexibility index (Phi) is 3.73. The van der Waals surface area contributed by atoms with Crippen molar-refractivity contribution in [2.75, 3.05) is 20.1 Å². The molecule has 1 saturated carbocycles. The Balaban J connectivity index is 1.84. The van der Waals surface area contributed by atoms with Crippen molar-refractivity contribution in [3.8, 4) is 0 Å². The second kappa shape index (κ2) is 5.40. The van der Waals surface area contributed by atoms with Crippen LogP contribution < -0.4 is 5.32 Å². The molecule has 116 valence electrons. The van der Waals surface area contributed by atoms with E-state index in [1.54, 1.807) is 0 Å². The number of piperidine rings is 1. The first-order chi connectivity index (χ1) is 10.0. The Labute approximate surface area is 124 Å². The molecule has 3 aliphatic rings. The molecule has 0 aromatic carbocycles. The summed E-state index contributed by atoms with van der Waals surface area (Å²) in [4.78, 5) is 41.0. The first kappa shape index (κ1) is 14.5. The third-order valence-corrected chi connectivity index (χ3v) is 5.26. The molecule has 0 aromatic heterocycles. The van der Waals surface area contributed by atoms with Gasteiger partial charge in [-0.15, -0.1) is 0 Å². The van der Waals surface area contributed by atoms with Gasteiger partial charge in [-0.05, 0) is 45.8 Å². The van der Waals surface area contributed by atoms with Gasteiger partial charge in [0.05, 0.1) is 0 Å². The van der Waals surface area contributed by atoms with Crippen molar-refractivity contribution in [3.05, 3.63) is 0 Å². The lowest BCUT2D eigenvalue weighted by Gasteiger charge is -2.45. The Morgan fingerprint density at radius 2 is 1.67 bits per heavy atom. The average molecular weight is 293 g/mol. The summed E-state index contributed by atoms with van der Waals surface area (Å²) in [7, 11) is 2.04. The molecule has 0 radical (unpaired) electrons. The molecular weight excluding hydrogens is 270 g/mol. The fourth-order valence-electron chi connectivity index (χ4n) is 3.88. The van der Waals surface area contributed by atoms with Gasteiger partial charge in [0.1, 0.15) is 5.41 Å². The van der Waals surface area contributed by atoms with Gasteiger partial charge in [-0.1, -0.05) is 19.3 Å². The van der Waals surface area contributed by atoms with Crippen LogP contribution in [0.5, 0.6) is 0 Å². The third-order valence-electron chi connectivity index (χ3n) is 5.26. The molecule has 0 bridgehead atoms. The molecule has 0 aromatic rings. The molecule has 3 fully saturated rings. The maximum absolute atomic E-state index is 12.9. The van der Waals surface area contributed by atoms with Gasteiger partial charge in [-0.25, -0.2) is 4.79 Å². The maximum Gasteiger partial charge on any atom is 0.331 e. The molecule has 6 heteroatoms. The molecular formula is C15H23N3O3. The highest BCUT2D eigenvalue weighted by Gasteiger charge is 2.55. The summed E-state index contributed by atoms with van der Waals surface area (Å²) in [5, 5.41) is 2.44. The van der Waals surface area contributed by atoms with Crippen LogP contribution in [0.4, 0.5) is 4.79 Å². The Morgan fingerprint density at radius 1 is 1.05 bits per heavy atom. The molecule has 3 rings (SSSR count). The van der Waals surface area contributed by atoms with E-state index in [1.165, 1.54) is 4.90 Å². The van der Waals surface area contributed by atoms with Crippen LogP contribution in [-0.4, -0.2) is 53.8 Å². The minimum Gasteiger partial charge on any atom is -0.306 e. The van der Waals surface area contributed by atoms with Gasteiger partial charge < -0.3 is 4.90 Å². The second-order valence-electron chi connectivity index (χ2n) is 6.61. The van der Waals surface area contributed by atoms with Crippen molar-refractivity contribution >= 4 is 17.8 Å². The van der Waals surface area contributed by atoms with Crippen molar-refractivity contribution in [1.29, 1.82) is 0 Å². The van der Waals surface area contributed by atoms with E-state index in [4.69, 9.17) is 0 Å². The molecule has 1 aliphatic carbocycles. The van der Waals surface area contributed by atoms with E-state index in [1.807, 2.05) is 7.05 Å². The maximum atomic E-state index is 12.9. The molecule has 2 aliphatic heterocycles. The van der Waals surface area contributed by atoms with E-state index < -0.39 is 11.4 Å². The average Bonchev–Trinajstić information content (AvgIpc) is 2.48. The molecule has 2 heterocycles. The van der Waals surface area contributed by atoms with E-state index in [9.17, 15) is 14.4 Å². The van der Waals surface area contributed by atoms with Crippen LogP contribution in [0.3, 0.4) is 0 Å². The predicted octanol–water partition coefficient (Wildman–Crippen LogP) is 1.11. The summed E-state index contributed by atoms with van der Waals surface area (Å²) in [5.74, 6) is -0.619. The summed E-state index contributed by atoms with van der Waals surface area (Å²) in [6.45, 7) is 1.76. The Morgan fingerprint density at radius 3 is 2.29 bits per heavy atom. The lowest BCUT2D eigenvalue weighted by Crippen LogP contribution is -2.67. The minimum atomic E-state index is -0.977. The van der Waals surface area contributed by atoms with Crippen LogP contribution in [-0.2, 0) is 9.59 Å². The topological polar surface area (TPSA) is 69.7 Å². The van der Waals surface area contributed by atoms with Crippen LogP contribution in [0.2, 0.25) is 0 Å². The van der Waals surface area contributed by atoms with E-state index in [0.717, 1.165) is 45.2 Å². The van der Waals surface area contributed by atoms with E-state index >= 15 is 0 Å². The number of urea groups is 1. The zero-order valence-electron chi connectivity index (χ0n) is 12.6. The number of nitrogens with zero attached hydrogens (tertiary/aromatic N) is 2. The number of imide groups is 2. The number of barbiturate groups is 1. The van der Waals surface area contributed by atoms with Crippen LogP contribution >= 0.6 is 0 Å². The van der Waals surface area contributed by atoms with Gasteiger partial charge in [0, 0.05) is 6.04 Å². The van der Waals surface area contributed by atoms with E-state index in [2.05, 4.69) is 10.2 Å². The zero-order valence-corrected chi connectivity index (χ0v) is 12.6. The number of carbonyl (C=O) groups excluding carboxylic acids is 3. The normalized spacial score (nSPS) is 28.0. The lowest BCUT2D eigenvalue weighted by atomic mass is 9.71. The lowest BCUT2D eigenvalue weighted by molar-refractivity contribution is -0.156. The molecule has 2 saturated heterocycles. The summed E-state index contributed by atoms with van der Waals surface area (Å²) < 4.78 is 0. The van der Waals surface area contributed by atoms with Gasteiger partial charge in [-0.2, -0.15) is 0 Å². The van der Waals surface area contributed by atoms with Crippen LogP contribution in [0.15, 0.2) is 0 Å². The summed E-state index contributed by atoms with van der Waals surface area (Å²) in [6, 6.07) is -0.587. The summed E-state index contributed by atoms with van der Waals surface area (Å²) >= 11 is 0. The van der Waals surface area contributed by atoms with Gasteiger partial charge in [0.25, 0.3) is 0 Å². The monoisotopic (exact) mass is 293 g/mol. The number of hydrogen-bond acceptors (Lipinski definition) is 4. The number of likely N-dealkylation sites (tertiary alicyclic amines) is 1. The highest BCUT2D eigenvalue weighted by molar-refractivity contribution is 6.19. The number of hydrogen-bond donors (Lipinski definition) is 1. The molecule has 0 unspecified atom stereocenters. The first-order valence-electron chi connectivity index (χ1n) is 7.92. The second-order valence-corrected chi connectivity index (χ2v) is 6.61. The largest absolute Gasteiger partial charge is 0.331 e. The number of amides is 4. The molecule has 6 nitrogen and oxygen atoms in total. The molecule has 4 amide bonds. The molecule has 0 atom stereocenters. The van der Waals surface area contributed by atoms with Gasteiger partial charge >= 0.3 is 6.03 Å². The summed E-state index contributed by atoms with van der Waals surface area (Å²) in [5.41, 5.74) is -0.977. The molecule has 21 heavy (non-hydrogen) atoms. The number of nitrogens with one attached hydrogen (secondary N) is 1. The number of carbonyl (C=O) groups is 3. The standard InChI is InChI=1S/C15H23N3O3/c1-17-9-5-11(6-10-17)18-13(20)15(7-3-2-4-8-15)12(19)16-14(18)21/h11H,2-10H2,1H3,(H,16,19,21). The first-order valence-corrected chi connectivity index (χ1v) is 7.92. The van der Waals surface area contributed by atoms with Crippen LogP contribution in [0.25, 0.3) is 0 Å². The minimum absolute atomic E-state index is 0.0689. The Hall–Kier alpha value is -1.43. The SMILES string of the molecule is CN1CCC(N2C(=O)NC(=O)C3(CCCCC3)C2=O)CC1. The third kappa shape index (κ3) is 2.35. The fourth-order valence-corrected chi connectivity index (χ4v) is 3.88. The van der Waals surface area contributed by atoms with Crippen molar-refractivity contribution in [1.82, 2.24) is 15.1 Å². The predicted molar refractivity (Wildman–Crippen MR) is 76.4 cm³/mol. The Bertz CT molecular complexity index is 463. The van der Waals surface area contributed by atoms with E-state index in [-0.39, 0.29) is 17.9 Å². The van der Waals surface area contributed by atoms with Crippen LogP contribution in [0, 0.1) is 5.41 Å². The van der Waals surface area contributed by atoms with E-state index in [0.29, 0.717) is 12.8 Å². The van der Waals surface area contributed by atoms with Crippen molar-refractivity contribution in [2.24, 2.45) is 5.41 Å². The zero-order chi connectivity index (χ0) is 15.0. The molecule has 1 N–H and O–H groups in total. The molecule has 1 spiro atoms. The van der Waals surface area contributed by atoms with Gasteiger partial charge in [-0.3, -0.25) is 19.8 Å². The quantitative estimate of drug-likeness (QED) is 0.735.